The number of methoxy groups -OCH3 is 1. The quantitative estimate of drug-likeness (QED) is 0.0942. The van der Waals surface area contributed by atoms with Gasteiger partial charge in [0.2, 0.25) is 12.1 Å². The number of hydrogen-bond acceptors (Lipinski definition) is 5. The van der Waals surface area contributed by atoms with Crippen molar-refractivity contribution in [1.29, 1.82) is 0 Å². The molecule has 0 bridgehead atoms. The molecule has 0 heterocycles. The van der Waals surface area contributed by atoms with E-state index in [1.54, 1.807) is 13.8 Å². The fourth-order valence-corrected chi connectivity index (χ4v) is 8.04. The lowest BCUT2D eigenvalue weighted by Gasteiger charge is -2.51. The third-order valence-electron chi connectivity index (χ3n) is 10.9. The van der Waals surface area contributed by atoms with Crippen molar-refractivity contribution in [3.8, 4) is 0 Å². The minimum Gasteiger partial charge on any atom is -0.467 e. The van der Waals surface area contributed by atoms with Gasteiger partial charge in [-0.25, -0.2) is 35.5 Å². The summed E-state index contributed by atoms with van der Waals surface area (Å²) in [4.78, 5) is 25.4. The molecule has 0 saturated heterocycles. The summed E-state index contributed by atoms with van der Waals surface area (Å²) < 4.78 is 131. The molecule has 4 rings (SSSR count). The molecule has 2 fully saturated rings. The molecule has 0 aliphatic heterocycles. The van der Waals surface area contributed by atoms with E-state index in [0.29, 0.717) is 0 Å². The van der Waals surface area contributed by atoms with E-state index >= 15 is 26.3 Å². The summed E-state index contributed by atoms with van der Waals surface area (Å²) in [6.07, 6.45) is -9.14. The van der Waals surface area contributed by atoms with Gasteiger partial charge in [-0.2, -0.15) is 0 Å². The van der Waals surface area contributed by atoms with E-state index in [0.717, 1.165) is 49.6 Å². The molecule has 2 saturated carbocycles. The second-order valence-corrected chi connectivity index (χ2v) is 15.2. The first-order valence-electron chi connectivity index (χ1n) is 17.5. The van der Waals surface area contributed by atoms with Crippen molar-refractivity contribution < 1.29 is 54.5 Å². The lowest BCUT2D eigenvalue weighted by Crippen LogP contribution is -2.60. The molecule has 284 valence electrons. The highest BCUT2D eigenvalue weighted by atomic mass is 19.2. The van der Waals surface area contributed by atoms with Crippen LogP contribution in [-0.4, -0.2) is 55.4 Å². The van der Waals surface area contributed by atoms with Crippen LogP contribution in [0.25, 0.3) is 0 Å². The first-order chi connectivity index (χ1) is 23.6. The van der Waals surface area contributed by atoms with Crippen molar-refractivity contribution in [2.75, 3.05) is 13.7 Å². The van der Waals surface area contributed by atoms with Gasteiger partial charge >= 0.3 is 5.97 Å². The van der Waals surface area contributed by atoms with E-state index in [1.807, 2.05) is 0 Å². The van der Waals surface area contributed by atoms with Gasteiger partial charge in [0, 0.05) is 5.56 Å². The normalized spacial score (nSPS) is 34.0. The number of alkyl halides is 6. The van der Waals surface area contributed by atoms with E-state index in [9.17, 15) is 14.0 Å². The average molecular weight is 731 g/mol. The number of ether oxygens (including phenoxy) is 3. The standard InChI is InChI=1S/C39H49F7O5/c1-21(2)38(45)31(41)13-23(5)18-36(38,43)28-15-27(16-29(17-28)37(44)19-24(6)14-32(42)39(37,46)22(3)4)25(7)51-35(50-20-33(47)49-8)34(48)26-9-11-30(40)12-10-26/h9-12,15-17,21-25,31-32,35H,13-14,18-20H2,1-8H3/t23?,24?,25?,31?,32?,35-,36?,37?,38-,39?/m1/s1. The Morgan fingerprint density at radius 3 is 1.65 bits per heavy atom. The minimum absolute atomic E-state index is 0.0630. The van der Waals surface area contributed by atoms with Crippen LogP contribution in [0.4, 0.5) is 30.7 Å². The molecule has 12 heteroatoms. The largest absolute Gasteiger partial charge is 0.467 e. The number of carbonyl (C=O) groups is 2. The number of Topliss-reactive ketones (excluding diaryl/α,β-unsaturated/α-hetero) is 1. The minimum atomic E-state index is -3.08. The second kappa shape index (κ2) is 15.2. The van der Waals surface area contributed by atoms with Gasteiger partial charge in [-0.05, 0) is 115 Å². The van der Waals surface area contributed by atoms with Crippen molar-refractivity contribution >= 4 is 11.8 Å². The molecule has 2 aromatic rings. The lowest BCUT2D eigenvalue weighted by atomic mass is 9.60. The number of halogens is 7. The number of esters is 1. The molecular formula is C39H49F7O5. The van der Waals surface area contributed by atoms with Gasteiger partial charge in [0.05, 0.1) is 13.2 Å². The van der Waals surface area contributed by atoms with Gasteiger partial charge in [0.15, 0.2) is 22.7 Å². The highest BCUT2D eigenvalue weighted by Gasteiger charge is 2.67. The summed E-state index contributed by atoms with van der Waals surface area (Å²) in [5, 5.41) is 0. The number of rotatable bonds is 12. The Kier molecular flexibility index (Phi) is 12.1. The number of hydrogen-bond donors (Lipinski definition) is 0. The highest BCUT2D eigenvalue weighted by Crippen LogP contribution is 2.60. The monoisotopic (exact) mass is 730 g/mol. The van der Waals surface area contributed by atoms with E-state index in [2.05, 4.69) is 4.74 Å². The fraction of sp³-hybridized carbons (Fsp3) is 0.641. The van der Waals surface area contributed by atoms with E-state index in [-0.39, 0.29) is 24.0 Å². The molecular weight excluding hydrogens is 681 g/mol. The summed E-state index contributed by atoms with van der Waals surface area (Å²) >= 11 is 0. The maximum Gasteiger partial charge on any atom is 0.331 e. The maximum atomic E-state index is 17.7. The lowest BCUT2D eigenvalue weighted by molar-refractivity contribution is -0.169. The van der Waals surface area contributed by atoms with Crippen molar-refractivity contribution in [3.63, 3.8) is 0 Å². The van der Waals surface area contributed by atoms with Crippen LogP contribution in [0.2, 0.25) is 0 Å². The third kappa shape index (κ3) is 7.33. The Hall–Kier alpha value is -2.99. The molecule has 2 aliphatic carbocycles. The van der Waals surface area contributed by atoms with E-state index < -0.39 is 119 Å². The first kappa shape index (κ1) is 40.8. The topological polar surface area (TPSA) is 61.8 Å². The molecule has 0 radical (unpaired) electrons. The Bertz CT molecular complexity index is 1490. The molecule has 0 spiro atoms. The van der Waals surface area contributed by atoms with Crippen LogP contribution < -0.4 is 0 Å². The Morgan fingerprint density at radius 2 is 1.24 bits per heavy atom. The van der Waals surface area contributed by atoms with Crippen LogP contribution in [0.5, 0.6) is 0 Å². The van der Waals surface area contributed by atoms with Crippen molar-refractivity contribution in [2.24, 2.45) is 23.7 Å². The zero-order valence-electron chi connectivity index (χ0n) is 30.4. The first-order valence-corrected chi connectivity index (χ1v) is 17.5. The summed E-state index contributed by atoms with van der Waals surface area (Å²) in [6.45, 7) is 9.14. The van der Waals surface area contributed by atoms with Crippen LogP contribution in [0.15, 0.2) is 42.5 Å². The summed E-state index contributed by atoms with van der Waals surface area (Å²) in [5.41, 5.74) is -13.4. The fourth-order valence-electron chi connectivity index (χ4n) is 8.04. The highest BCUT2D eigenvalue weighted by molar-refractivity contribution is 5.98. The molecule has 10 atom stereocenters. The molecule has 5 nitrogen and oxygen atoms in total. The number of ketones is 1. The molecule has 2 aromatic carbocycles. The van der Waals surface area contributed by atoms with Gasteiger partial charge < -0.3 is 14.2 Å². The second-order valence-electron chi connectivity index (χ2n) is 15.2. The van der Waals surface area contributed by atoms with Gasteiger partial charge in [-0.15, -0.1) is 0 Å². The SMILES string of the molecule is COC(=O)CO[C@H](OC(C)c1cc(C2(F)CC(C)CC(F)C2(F)C(C)C)cc(C2(F)CC(C)CC(F)[C@]2(F)C(C)C)c1)C(=O)c1ccc(F)cc1. The molecule has 2 aliphatic rings. The van der Waals surface area contributed by atoms with Crippen LogP contribution in [0.1, 0.15) is 107 Å². The van der Waals surface area contributed by atoms with Crippen molar-refractivity contribution in [1.82, 2.24) is 0 Å². The Labute approximate surface area is 295 Å². The smallest absolute Gasteiger partial charge is 0.331 e. The molecule has 0 amide bonds. The molecule has 51 heavy (non-hydrogen) atoms. The zero-order valence-corrected chi connectivity index (χ0v) is 30.4. The zero-order chi connectivity index (χ0) is 38.3. The predicted octanol–water partition coefficient (Wildman–Crippen LogP) is 9.90. The van der Waals surface area contributed by atoms with Crippen molar-refractivity contribution in [2.45, 2.75) is 122 Å². The summed E-state index contributed by atoms with van der Waals surface area (Å²) in [5.74, 6) is -6.00. The number of carbonyl (C=O) groups excluding carboxylic acids is 2. The Morgan fingerprint density at radius 1 is 0.784 bits per heavy atom. The molecule has 8 unspecified atom stereocenters. The van der Waals surface area contributed by atoms with Gasteiger partial charge in [0.25, 0.3) is 0 Å². The van der Waals surface area contributed by atoms with E-state index in [4.69, 9.17) is 9.47 Å². The summed E-state index contributed by atoms with van der Waals surface area (Å²) in [6, 6.07) is 7.66. The van der Waals surface area contributed by atoms with Gasteiger partial charge in [0.1, 0.15) is 24.8 Å². The van der Waals surface area contributed by atoms with Gasteiger partial charge in [-0.1, -0.05) is 41.5 Å². The predicted molar refractivity (Wildman–Crippen MR) is 178 cm³/mol. The van der Waals surface area contributed by atoms with Crippen molar-refractivity contribution in [3.05, 3.63) is 70.5 Å². The van der Waals surface area contributed by atoms with E-state index in [1.165, 1.54) is 34.6 Å². The maximum absolute atomic E-state index is 17.7. The number of benzene rings is 2. The van der Waals surface area contributed by atoms with Crippen LogP contribution in [-0.2, 0) is 30.3 Å². The van der Waals surface area contributed by atoms with Crippen LogP contribution >= 0.6 is 0 Å². The Balaban J connectivity index is 1.93. The average Bonchev–Trinajstić information content (AvgIpc) is 3.06. The molecule has 0 aromatic heterocycles. The van der Waals surface area contributed by atoms with Gasteiger partial charge in [-0.3, -0.25) is 4.79 Å². The van der Waals surface area contributed by atoms with Crippen LogP contribution in [0, 0.1) is 29.5 Å². The summed E-state index contributed by atoms with van der Waals surface area (Å²) in [7, 11) is 1.09. The molecule has 0 N–H and O–H groups in total. The third-order valence-corrected chi connectivity index (χ3v) is 10.9. The van der Waals surface area contributed by atoms with Crippen LogP contribution in [0.3, 0.4) is 0 Å².